The maximum atomic E-state index is 12.4. The van der Waals surface area contributed by atoms with E-state index in [-0.39, 0.29) is 31.2 Å². The minimum atomic E-state index is -4.48. The molecule has 7 nitrogen and oxygen atoms in total. The second-order valence-electron chi connectivity index (χ2n) is 6.24. The number of urea groups is 1. The van der Waals surface area contributed by atoms with Crippen molar-refractivity contribution < 1.29 is 27.6 Å². The number of hydrogen-bond donors (Lipinski definition) is 2. The van der Waals surface area contributed by atoms with Crippen molar-refractivity contribution in [2.75, 3.05) is 19.8 Å². The molecule has 0 aromatic carbocycles. The van der Waals surface area contributed by atoms with Gasteiger partial charge in [0.05, 0.1) is 6.67 Å². The predicted octanol–water partition coefficient (Wildman–Crippen LogP) is 0.807. The molecule has 10 heteroatoms. The van der Waals surface area contributed by atoms with Crippen LogP contribution in [0.1, 0.15) is 32.6 Å². The van der Waals surface area contributed by atoms with Gasteiger partial charge in [0, 0.05) is 19.0 Å². The number of halogens is 3. The van der Waals surface area contributed by atoms with Crippen molar-refractivity contribution in [1.82, 2.24) is 20.4 Å². The Balaban J connectivity index is 1.78. The molecule has 2 fully saturated rings. The Morgan fingerprint density at radius 1 is 1.12 bits per heavy atom. The molecule has 0 aromatic rings. The first-order valence-electron chi connectivity index (χ1n) is 7.81. The summed E-state index contributed by atoms with van der Waals surface area (Å²) in [5.74, 6) is -0.806. The lowest BCUT2D eigenvalue weighted by Gasteiger charge is -2.30. The first-order chi connectivity index (χ1) is 11.1. The van der Waals surface area contributed by atoms with Gasteiger partial charge in [-0.15, -0.1) is 0 Å². The first kappa shape index (κ1) is 18.3. The van der Waals surface area contributed by atoms with Crippen LogP contribution >= 0.6 is 0 Å². The Bertz CT molecular complexity index is 504. The van der Waals surface area contributed by atoms with Gasteiger partial charge in [-0.2, -0.15) is 13.2 Å². The molecule has 1 heterocycles. The lowest BCUT2D eigenvalue weighted by Crippen LogP contribution is -2.48. The third-order valence-electron chi connectivity index (χ3n) is 4.14. The standard InChI is InChI=1S/C14H21F3N4O3/c1-9(22)18-10-2-4-11(5-3-10)19-13(24)20-6-12(23)21(8-20)7-14(15,16)17/h10-11H,2-8H2,1H3,(H,18,22)(H,19,24). The van der Waals surface area contributed by atoms with E-state index in [1.807, 2.05) is 0 Å². The fourth-order valence-electron chi connectivity index (χ4n) is 3.02. The summed E-state index contributed by atoms with van der Waals surface area (Å²) in [6.45, 7) is -0.600. The van der Waals surface area contributed by atoms with E-state index in [9.17, 15) is 27.6 Å². The zero-order chi connectivity index (χ0) is 17.9. The topological polar surface area (TPSA) is 81.8 Å². The number of amides is 4. The van der Waals surface area contributed by atoms with Crippen molar-refractivity contribution in [3.05, 3.63) is 0 Å². The second-order valence-corrected chi connectivity index (χ2v) is 6.24. The molecule has 2 aliphatic rings. The van der Waals surface area contributed by atoms with Crippen molar-refractivity contribution in [3.63, 3.8) is 0 Å². The minimum absolute atomic E-state index is 0.0892. The van der Waals surface area contributed by atoms with Gasteiger partial charge in [-0.1, -0.05) is 0 Å². The van der Waals surface area contributed by atoms with Gasteiger partial charge in [-0.3, -0.25) is 14.5 Å². The molecule has 4 amide bonds. The van der Waals surface area contributed by atoms with Gasteiger partial charge >= 0.3 is 12.2 Å². The molecule has 0 atom stereocenters. The summed E-state index contributed by atoms with van der Waals surface area (Å²) < 4.78 is 37.1. The minimum Gasteiger partial charge on any atom is -0.354 e. The lowest BCUT2D eigenvalue weighted by molar-refractivity contribution is -0.157. The van der Waals surface area contributed by atoms with Crippen molar-refractivity contribution in [2.24, 2.45) is 0 Å². The Morgan fingerprint density at radius 2 is 1.67 bits per heavy atom. The fraction of sp³-hybridized carbons (Fsp3) is 0.786. The zero-order valence-electron chi connectivity index (χ0n) is 13.4. The fourth-order valence-corrected chi connectivity index (χ4v) is 3.02. The van der Waals surface area contributed by atoms with Gasteiger partial charge in [-0.25, -0.2) is 4.79 Å². The molecule has 0 radical (unpaired) electrons. The average molecular weight is 350 g/mol. The van der Waals surface area contributed by atoms with Crippen LogP contribution < -0.4 is 10.6 Å². The molecule has 2 rings (SSSR count). The van der Waals surface area contributed by atoms with Crippen LogP contribution in [-0.2, 0) is 9.59 Å². The maximum absolute atomic E-state index is 12.4. The molecular weight excluding hydrogens is 329 g/mol. The summed E-state index contributed by atoms with van der Waals surface area (Å²) in [5.41, 5.74) is 0. The number of carbonyl (C=O) groups excluding carboxylic acids is 3. The Labute approximate surface area is 137 Å². The number of carbonyl (C=O) groups is 3. The lowest BCUT2D eigenvalue weighted by atomic mass is 9.91. The summed E-state index contributed by atoms with van der Waals surface area (Å²) in [7, 11) is 0. The SMILES string of the molecule is CC(=O)NC1CCC(NC(=O)N2CC(=O)N(CC(F)(F)F)C2)CC1. The van der Waals surface area contributed by atoms with E-state index in [0.717, 1.165) is 17.7 Å². The van der Waals surface area contributed by atoms with Crippen molar-refractivity contribution in [1.29, 1.82) is 0 Å². The first-order valence-corrected chi connectivity index (χ1v) is 7.81. The van der Waals surface area contributed by atoms with E-state index < -0.39 is 24.7 Å². The van der Waals surface area contributed by atoms with E-state index in [2.05, 4.69) is 10.6 Å². The van der Waals surface area contributed by atoms with Crippen LogP contribution in [0.2, 0.25) is 0 Å². The van der Waals surface area contributed by atoms with Crippen LogP contribution in [0.4, 0.5) is 18.0 Å². The van der Waals surface area contributed by atoms with Gasteiger partial charge in [-0.05, 0) is 25.7 Å². The van der Waals surface area contributed by atoms with Crippen LogP contribution in [0, 0.1) is 0 Å². The number of alkyl halides is 3. The molecule has 1 aliphatic carbocycles. The third-order valence-corrected chi connectivity index (χ3v) is 4.14. The van der Waals surface area contributed by atoms with E-state index in [1.165, 1.54) is 6.92 Å². The summed E-state index contributed by atoms with van der Waals surface area (Å²) in [4.78, 5) is 36.4. The van der Waals surface area contributed by atoms with E-state index in [4.69, 9.17) is 0 Å². The van der Waals surface area contributed by atoms with Crippen molar-refractivity contribution in [3.8, 4) is 0 Å². The van der Waals surface area contributed by atoms with Crippen LogP contribution in [0.3, 0.4) is 0 Å². The monoisotopic (exact) mass is 350 g/mol. The number of rotatable bonds is 3. The summed E-state index contributed by atoms with van der Waals surface area (Å²) in [5, 5.41) is 5.58. The van der Waals surface area contributed by atoms with Gasteiger partial charge in [0.15, 0.2) is 0 Å². The van der Waals surface area contributed by atoms with Gasteiger partial charge in [0.1, 0.15) is 13.1 Å². The van der Waals surface area contributed by atoms with Crippen molar-refractivity contribution in [2.45, 2.75) is 50.9 Å². The van der Waals surface area contributed by atoms with Crippen LogP contribution in [0.5, 0.6) is 0 Å². The summed E-state index contributed by atoms with van der Waals surface area (Å²) in [6, 6.07) is -0.545. The Kier molecular flexibility index (Phi) is 5.55. The molecule has 24 heavy (non-hydrogen) atoms. The normalized spacial score (nSPS) is 24.9. The highest BCUT2D eigenvalue weighted by Crippen LogP contribution is 2.21. The highest BCUT2D eigenvalue weighted by atomic mass is 19.4. The Morgan fingerprint density at radius 3 is 2.17 bits per heavy atom. The van der Waals surface area contributed by atoms with Crippen molar-refractivity contribution >= 4 is 17.8 Å². The summed E-state index contributed by atoms with van der Waals surface area (Å²) in [6.07, 6.45) is -1.69. The van der Waals surface area contributed by atoms with E-state index in [0.29, 0.717) is 17.7 Å². The molecule has 1 aliphatic heterocycles. The number of nitrogens with one attached hydrogen (secondary N) is 2. The highest BCUT2D eigenvalue weighted by molar-refractivity contribution is 5.87. The molecule has 0 unspecified atom stereocenters. The van der Waals surface area contributed by atoms with E-state index >= 15 is 0 Å². The largest absolute Gasteiger partial charge is 0.406 e. The van der Waals surface area contributed by atoms with Crippen LogP contribution in [0.15, 0.2) is 0 Å². The molecule has 0 spiro atoms. The molecule has 136 valence electrons. The second kappa shape index (κ2) is 7.27. The molecule has 1 saturated heterocycles. The maximum Gasteiger partial charge on any atom is 0.406 e. The highest BCUT2D eigenvalue weighted by Gasteiger charge is 2.39. The molecule has 1 saturated carbocycles. The predicted molar refractivity (Wildman–Crippen MR) is 77.7 cm³/mol. The number of nitrogens with zero attached hydrogens (tertiary/aromatic N) is 2. The van der Waals surface area contributed by atoms with Gasteiger partial charge < -0.3 is 15.5 Å². The smallest absolute Gasteiger partial charge is 0.354 e. The quantitative estimate of drug-likeness (QED) is 0.790. The van der Waals surface area contributed by atoms with Gasteiger partial charge in [0.2, 0.25) is 11.8 Å². The third kappa shape index (κ3) is 5.27. The molecular formula is C14H21F3N4O3. The van der Waals surface area contributed by atoms with Crippen LogP contribution in [-0.4, -0.2) is 65.7 Å². The number of hydrogen-bond acceptors (Lipinski definition) is 3. The molecule has 0 bridgehead atoms. The summed E-state index contributed by atoms with van der Waals surface area (Å²) >= 11 is 0. The van der Waals surface area contributed by atoms with Crippen LogP contribution in [0.25, 0.3) is 0 Å². The van der Waals surface area contributed by atoms with E-state index in [1.54, 1.807) is 0 Å². The molecule has 0 aromatic heterocycles. The van der Waals surface area contributed by atoms with Gasteiger partial charge in [0.25, 0.3) is 0 Å². The zero-order valence-corrected chi connectivity index (χ0v) is 13.4. The Hall–Kier alpha value is -2.00. The molecule has 2 N–H and O–H groups in total. The average Bonchev–Trinajstić information content (AvgIpc) is 2.80.